The van der Waals surface area contributed by atoms with Gasteiger partial charge >= 0.3 is 5.97 Å². The molecular weight excluding hydrogens is 192 g/mol. The summed E-state index contributed by atoms with van der Waals surface area (Å²) < 4.78 is 1.88. The fourth-order valence-electron chi connectivity index (χ4n) is 2.21. The third-order valence-electron chi connectivity index (χ3n) is 3.01. The zero-order valence-corrected chi connectivity index (χ0v) is 9.16. The van der Waals surface area contributed by atoms with Gasteiger partial charge in [-0.25, -0.2) is 9.78 Å². The van der Waals surface area contributed by atoms with Crippen LogP contribution in [-0.4, -0.2) is 20.6 Å². The lowest BCUT2D eigenvalue weighted by Gasteiger charge is -2.20. The van der Waals surface area contributed by atoms with Crippen LogP contribution in [0.2, 0.25) is 0 Å². The number of fused-ring (bicyclic) bond motifs is 1. The standard InChI is InChI=1S/C11H16N2O2/c1-3-8-10(11(14)15)13-6-7(2)4-5-9(13)12-8/h7H,3-6H2,1-2H3,(H,14,15)/t7-/m1/s1. The number of hydrogen-bond donors (Lipinski definition) is 1. The molecule has 0 aromatic carbocycles. The van der Waals surface area contributed by atoms with E-state index in [2.05, 4.69) is 11.9 Å². The van der Waals surface area contributed by atoms with Gasteiger partial charge in [0.2, 0.25) is 0 Å². The Morgan fingerprint density at radius 1 is 1.67 bits per heavy atom. The molecule has 4 heteroatoms. The maximum Gasteiger partial charge on any atom is 0.354 e. The Bertz CT molecular complexity index is 396. The summed E-state index contributed by atoms with van der Waals surface area (Å²) in [7, 11) is 0. The summed E-state index contributed by atoms with van der Waals surface area (Å²) in [4.78, 5) is 15.6. The summed E-state index contributed by atoms with van der Waals surface area (Å²) >= 11 is 0. The van der Waals surface area contributed by atoms with Crippen molar-refractivity contribution < 1.29 is 9.90 Å². The third kappa shape index (κ3) is 1.64. The van der Waals surface area contributed by atoms with Crippen molar-refractivity contribution in [1.29, 1.82) is 0 Å². The lowest BCUT2D eigenvalue weighted by molar-refractivity contribution is 0.0681. The van der Waals surface area contributed by atoms with Gasteiger partial charge in [0.25, 0.3) is 0 Å². The molecule has 1 aromatic heterocycles. The highest BCUT2D eigenvalue weighted by molar-refractivity contribution is 5.87. The first-order valence-electron chi connectivity index (χ1n) is 5.45. The van der Waals surface area contributed by atoms with Crippen molar-refractivity contribution in [3.05, 3.63) is 17.2 Å². The number of aromatic carboxylic acids is 1. The van der Waals surface area contributed by atoms with Crippen LogP contribution >= 0.6 is 0 Å². The Morgan fingerprint density at radius 3 is 3.00 bits per heavy atom. The van der Waals surface area contributed by atoms with Gasteiger partial charge in [0.05, 0.1) is 5.69 Å². The van der Waals surface area contributed by atoms with Crippen LogP contribution < -0.4 is 0 Å². The van der Waals surface area contributed by atoms with Crippen molar-refractivity contribution in [3.63, 3.8) is 0 Å². The first kappa shape index (κ1) is 10.2. The van der Waals surface area contributed by atoms with Gasteiger partial charge < -0.3 is 9.67 Å². The molecule has 1 atom stereocenters. The second kappa shape index (κ2) is 3.68. The minimum absolute atomic E-state index is 0.402. The van der Waals surface area contributed by atoms with E-state index in [0.29, 0.717) is 18.0 Å². The van der Waals surface area contributed by atoms with Crippen LogP contribution in [0.15, 0.2) is 0 Å². The van der Waals surface area contributed by atoms with Gasteiger partial charge in [-0.05, 0) is 18.8 Å². The summed E-state index contributed by atoms with van der Waals surface area (Å²) in [6.07, 6.45) is 2.71. The van der Waals surface area contributed by atoms with Crippen LogP contribution in [0.4, 0.5) is 0 Å². The molecule has 0 bridgehead atoms. The normalized spacial score (nSPS) is 20.0. The molecule has 0 spiro atoms. The lowest BCUT2D eigenvalue weighted by Crippen LogP contribution is -2.21. The first-order chi connectivity index (χ1) is 7.13. The van der Waals surface area contributed by atoms with Gasteiger partial charge in [-0.3, -0.25) is 0 Å². The van der Waals surface area contributed by atoms with E-state index in [1.807, 2.05) is 11.5 Å². The molecule has 0 radical (unpaired) electrons. The molecule has 82 valence electrons. The van der Waals surface area contributed by atoms with Gasteiger partial charge in [-0.2, -0.15) is 0 Å². The smallest absolute Gasteiger partial charge is 0.354 e. The number of aryl methyl sites for hydroxylation is 2. The van der Waals surface area contributed by atoms with E-state index in [1.165, 1.54) is 0 Å². The number of hydrogen-bond acceptors (Lipinski definition) is 2. The van der Waals surface area contributed by atoms with Crippen molar-refractivity contribution in [3.8, 4) is 0 Å². The fourth-order valence-corrected chi connectivity index (χ4v) is 2.21. The molecular formula is C11H16N2O2. The van der Waals surface area contributed by atoms with Crippen LogP contribution in [0.1, 0.15) is 42.3 Å². The zero-order valence-electron chi connectivity index (χ0n) is 9.16. The maximum atomic E-state index is 11.2. The number of carboxylic acids is 1. The second-order valence-electron chi connectivity index (χ2n) is 4.24. The first-order valence-corrected chi connectivity index (χ1v) is 5.45. The highest BCUT2D eigenvalue weighted by Gasteiger charge is 2.25. The van der Waals surface area contributed by atoms with Gasteiger partial charge in [-0.1, -0.05) is 13.8 Å². The molecule has 1 aliphatic rings. The van der Waals surface area contributed by atoms with Crippen molar-refractivity contribution >= 4 is 5.97 Å². The van der Waals surface area contributed by atoms with Crippen molar-refractivity contribution in [2.24, 2.45) is 5.92 Å². The fraction of sp³-hybridized carbons (Fsp3) is 0.636. The molecule has 0 saturated carbocycles. The van der Waals surface area contributed by atoms with E-state index >= 15 is 0 Å². The molecule has 15 heavy (non-hydrogen) atoms. The third-order valence-corrected chi connectivity index (χ3v) is 3.01. The minimum Gasteiger partial charge on any atom is -0.477 e. The predicted octanol–water partition coefficient (Wildman–Crippen LogP) is 1.73. The predicted molar refractivity (Wildman–Crippen MR) is 56.0 cm³/mol. The molecule has 1 aromatic rings. The Morgan fingerprint density at radius 2 is 2.40 bits per heavy atom. The van der Waals surface area contributed by atoms with E-state index < -0.39 is 5.97 Å². The minimum atomic E-state index is -0.847. The summed E-state index contributed by atoms with van der Waals surface area (Å²) in [5, 5.41) is 9.17. The van der Waals surface area contributed by atoms with Gasteiger partial charge in [0.15, 0.2) is 5.69 Å². The average molecular weight is 208 g/mol. The number of rotatable bonds is 2. The highest BCUT2D eigenvalue weighted by Crippen LogP contribution is 2.23. The zero-order chi connectivity index (χ0) is 11.0. The van der Waals surface area contributed by atoms with Gasteiger partial charge in [0, 0.05) is 13.0 Å². The SMILES string of the molecule is CCc1nc2n(c1C(=O)O)C[C@H](C)CC2. The van der Waals surface area contributed by atoms with E-state index in [-0.39, 0.29) is 0 Å². The summed E-state index contributed by atoms with van der Waals surface area (Å²) in [5.74, 6) is 0.650. The van der Waals surface area contributed by atoms with Crippen LogP contribution in [0, 0.1) is 5.92 Å². The summed E-state index contributed by atoms with van der Waals surface area (Å²) in [6, 6.07) is 0. The monoisotopic (exact) mass is 208 g/mol. The molecule has 1 aliphatic heterocycles. The summed E-state index contributed by atoms with van der Waals surface area (Å²) in [6.45, 7) is 4.90. The molecule has 4 nitrogen and oxygen atoms in total. The van der Waals surface area contributed by atoms with Gasteiger partial charge in [-0.15, -0.1) is 0 Å². The van der Waals surface area contributed by atoms with Crippen molar-refractivity contribution in [1.82, 2.24) is 9.55 Å². The number of carboxylic acid groups (broad SMARTS) is 1. The topological polar surface area (TPSA) is 55.1 Å². The molecule has 2 heterocycles. The van der Waals surface area contributed by atoms with Crippen LogP contribution in [0.3, 0.4) is 0 Å². The van der Waals surface area contributed by atoms with Crippen LogP contribution in [0.5, 0.6) is 0 Å². The Kier molecular flexibility index (Phi) is 2.50. The summed E-state index contributed by atoms with van der Waals surface area (Å²) in [5.41, 5.74) is 1.13. The molecule has 2 rings (SSSR count). The molecule has 0 amide bonds. The molecule has 0 aliphatic carbocycles. The molecule has 0 unspecified atom stereocenters. The average Bonchev–Trinajstić information content (AvgIpc) is 2.55. The van der Waals surface area contributed by atoms with E-state index in [0.717, 1.165) is 30.9 Å². The van der Waals surface area contributed by atoms with E-state index in [1.54, 1.807) is 0 Å². The molecule has 1 N–H and O–H groups in total. The number of carbonyl (C=O) groups is 1. The molecule has 0 saturated heterocycles. The van der Waals surface area contributed by atoms with Crippen LogP contribution in [0.25, 0.3) is 0 Å². The number of imidazole rings is 1. The van der Waals surface area contributed by atoms with E-state index in [4.69, 9.17) is 5.11 Å². The Labute approximate surface area is 88.9 Å². The van der Waals surface area contributed by atoms with Crippen molar-refractivity contribution in [2.75, 3.05) is 0 Å². The number of aromatic nitrogens is 2. The van der Waals surface area contributed by atoms with Crippen LogP contribution in [-0.2, 0) is 19.4 Å². The second-order valence-corrected chi connectivity index (χ2v) is 4.24. The van der Waals surface area contributed by atoms with Gasteiger partial charge in [0.1, 0.15) is 5.82 Å². The lowest BCUT2D eigenvalue weighted by atomic mass is 10.0. The molecule has 0 fully saturated rings. The largest absolute Gasteiger partial charge is 0.477 e. The quantitative estimate of drug-likeness (QED) is 0.805. The highest BCUT2D eigenvalue weighted by atomic mass is 16.4. The maximum absolute atomic E-state index is 11.2. The Hall–Kier alpha value is -1.32. The number of nitrogens with zero attached hydrogens (tertiary/aromatic N) is 2. The van der Waals surface area contributed by atoms with Crippen molar-refractivity contribution in [2.45, 2.75) is 39.7 Å². The Balaban J connectivity index is 2.50. The van der Waals surface area contributed by atoms with E-state index in [9.17, 15) is 4.79 Å².